The minimum Gasteiger partial charge on any atom is -0.315 e. The molecule has 1 aromatic rings. The lowest BCUT2D eigenvalue weighted by Crippen LogP contribution is -2.32. The van der Waals surface area contributed by atoms with E-state index >= 15 is 0 Å². The van der Waals surface area contributed by atoms with Gasteiger partial charge in [-0.1, -0.05) is 20.8 Å². The van der Waals surface area contributed by atoms with E-state index in [1.54, 1.807) is 0 Å². The Kier molecular flexibility index (Phi) is 5.27. The summed E-state index contributed by atoms with van der Waals surface area (Å²) in [5.41, 5.74) is 0.402. The first-order chi connectivity index (χ1) is 8.34. The Hall–Kier alpha value is -0.960. The van der Waals surface area contributed by atoms with E-state index < -0.39 is 0 Å². The summed E-state index contributed by atoms with van der Waals surface area (Å²) in [7, 11) is 0. The highest BCUT2D eigenvalue weighted by Crippen LogP contribution is 2.28. The topological polar surface area (TPSA) is 12.0 Å². The number of nitrogens with one attached hydrogen (secondary N) is 1. The van der Waals surface area contributed by atoms with Gasteiger partial charge in [0.05, 0.1) is 0 Å². The lowest BCUT2D eigenvalue weighted by atomic mass is 9.80. The van der Waals surface area contributed by atoms with Crippen LogP contribution in [0.3, 0.4) is 0 Å². The largest absolute Gasteiger partial charge is 0.315 e. The molecule has 3 heteroatoms. The minimum atomic E-state index is -0.373. The second kappa shape index (κ2) is 6.28. The lowest BCUT2D eigenvalue weighted by molar-refractivity contribution is 0.285. The molecule has 0 amide bonds. The standard InChI is InChI=1S/C15H23F2N/c1-5-18-11(2)9-15(3,4)10-12-8-13(16)6-7-14(12)17/h6-8,11,18H,5,9-10H2,1-4H3. The van der Waals surface area contributed by atoms with E-state index in [1.165, 1.54) is 12.1 Å². The van der Waals surface area contributed by atoms with Crippen molar-refractivity contribution in [2.45, 2.75) is 46.6 Å². The van der Waals surface area contributed by atoms with Gasteiger partial charge in [-0.2, -0.15) is 0 Å². The average Bonchev–Trinajstić information content (AvgIpc) is 2.22. The van der Waals surface area contributed by atoms with Crippen LogP contribution in [0.25, 0.3) is 0 Å². The van der Waals surface area contributed by atoms with Gasteiger partial charge in [0.2, 0.25) is 0 Å². The summed E-state index contributed by atoms with van der Waals surface area (Å²) < 4.78 is 26.7. The van der Waals surface area contributed by atoms with E-state index in [0.29, 0.717) is 18.0 Å². The van der Waals surface area contributed by atoms with Crippen molar-refractivity contribution in [2.24, 2.45) is 5.41 Å². The van der Waals surface area contributed by atoms with Crippen molar-refractivity contribution < 1.29 is 8.78 Å². The first-order valence-electron chi connectivity index (χ1n) is 6.51. The Morgan fingerprint density at radius 1 is 1.28 bits per heavy atom. The minimum absolute atomic E-state index is 0.0593. The molecule has 1 atom stereocenters. The van der Waals surface area contributed by atoms with Crippen molar-refractivity contribution >= 4 is 0 Å². The van der Waals surface area contributed by atoms with Crippen LogP contribution in [0.15, 0.2) is 18.2 Å². The maximum absolute atomic E-state index is 13.6. The Labute approximate surface area is 109 Å². The van der Waals surface area contributed by atoms with E-state index in [9.17, 15) is 8.78 Å². The molecule has 0 fully saturated rings. The van der Waals surface area contributed by atoms with Crippen molar-refractivity contribution in [2.75, 3.05) is 6.54 Å². The molecule has 1 unspecified atom stereocenters. The molecule has 18 heavy (non-hydrogen) atoms. The van der Waals surface area contributed by atoms with Crippen molar-refractivity contribution in [3.05, 3.63) is 35.4 Å². The molecule has 1 rings (SSSR count). The van der Waals surface area contributed by atoms with Gasteiger partial charge in [0.25, 0.3) is 0 Å². The van der Waals surface area contributed by atoms with Crippen molar-refractivity contribution in [1.29, 1.82) is 0 Å². The van der Waals surface area contributed by atoms with Crippen LogP contribution in [0.5, 0.6) is 0 Å². The zero-order valence-corrected chi connectivity index (χ0v) is 11.7. The van der Waals surface area contributed by atoms with Gasteiger partial charge in [-0.3, -0.25) is 0 Å². The van der Waals surface area contributed by atoms with E-state index in [2.05, 4.69) is 33.0 Å². The predicted molar refractivity (Wildman–Crippen MR) is 71.6 cm³/mol. The second-order valence-corrected chi connectivity index (χ2v) is 5.74. The fourth-order valence-corrected chi connectivity index (χ4v) is 2.52. The molecule has 0 aliphatic carbocycles. The highest BCUT2D eigenvalue weighted by molar-refractivity contribution is 5.20. The Balaban J connectivity index is 2.72. The van der Waals surface area contributed by atoms with Crippen LogP contribution in [0.2, 0.25) is 0 Å². The number of halogens is 2. The van der Waals surface area contributed by atoms with E-state index in [0.717, 1.165) is 19.0 Å². The molecule has 1 nitrogen and oxygen atoms in total. The number of rotatable bonds is 6. The number of benzene rings is 1. The fourth-order valence-electron chi connectivity index (χ4n) is 2.52. The normalized spacial score (nSPS) is 13.7. The Morgan fingerprint density at radius 2 is 1.94 bits per heavy atom. The van der Waals surface area contributed by atoms with Gasteiger partial charge >= 0.3 is 0 Å². The van der Waals surface area contributed by atoms with Gasteiger partial charge in [-0.25, -0.2) is 8.78 Å². The van der Waals surface area contributed by atoms with E-state index in [4.69, 9.17) is 0 Å². The molecule has 0 saturated carbocycles. The Bertz CT molecular complexity index is 388. The van der Waals surface area contributed by atoms with Crippen LogP contribution in [0.1, 0.15) is 39.7 Å². The summed E-state index contributed by atoms with van der Waals surface area (Å²) in [5.74, 6) is -0.692. The lowest BCUT2D eigenvalue weighted by Gasteiger charge is -2.28. The van der Waals surface area contributed by atoms with Crippen LogP contribution >= 0.6 is 0 Å². The maximum Gasteiger partial charge on any atom is 0.126 e. The molecule has 0 aromatic heterocycles. The quantitative estimate of drug-likeness (QED) is 0.812. The van der Waals surface area contributed by atoms with Gasteiger partial charge in [-0.05, 0) is 55.5 Å². The molecular weight excluding hydrogens is 232 g/mol. The van der Waals surface area contributed by atoms with Gasteiger partial charge in [0.1, 0.15) is 11.6 Å². The third-order valence-electron chi connectivity index (χ3n) is 3.09. The first-order valence-corrected chi connectivity index (χ1v) is 6.51. The summed E-state index contributed by atoms with van der Waals surface area (Å²) in [6, 6.07) is 4.04. The van der Waals surface area contributed by atoms with E-state index in [1.807, 2.05) is 0 Å². The molecule has 1 aromatic carbocycles. The van der Waals surface area contributed by atoms with Crippen molar-refractivity contribution in [3.63, 3.8) is 0 Å². The van der Waals surface area contributed by atoms with Gasteiger partial charge < -0.3 is 5.32 Å². The summed E-state index contributed by atoms with van der Waals surface area (Å²) >= 11 is 0. The maximum atomic E-state index is 13.6. The number of hydrogen-bond donors (Lipinski definition) is 1. The van der Waals surface area contributed by atoms with Crippen LogP contribution < -0.4 is 5.32 Å². The zero-order chi connectivity index (χ0) is 13.8. The Morgan fingerprint density at radius 3 is 2.56 bits per heavy atom. The fraction of sp³-hybridized carbons (Fsp3) is 0.600. The molecule has 0 radical (unpaired) electrons. The predicted octanol–water partition coefficient (Wildman–Crippen LogP) is 3.92. The van der Waals surface area contributed by atoms with Gasteiger partial charge in [0, 0.05) is 6.04 Å². The van der Waals surface area contributed by atoms with Crippen molar-refractivity contribution in [3.8, 4) is 0 Å². The summed E-state index contributed by atoms with van der Waals surface area (Å²) in [6.45, 7) is 9.28. The van der Waals surface area contributed by atoms with Gasteiger partial charge in [0.15, 0.2) is 0 Å². The molecule has 1 N–H and O–H groups in total. The van der Waals surface area contributed by atoms with Crippen molar-refractivity contribution in [1.82, 2.24) is 5.32 Å². The molecule has 102 valence electrons. The number of hydrogen-bond acceptors (Lipinski definition) is 1. The van der Waals surface area contributed by atoms with Crippen LogP contribution in [-0.2, 0) is 6.42 Å². The first kappa shape index (κ1) is 15.1. The summed E-state index contributed by atoms with van der Waals surface area (Å²) in [4.78, 5) is 0. The molecule has 0 bridgehead atoms. The molecule has 0 heterocycles. The highest BCUT2D eigenvalue weighted by atomic mass is 19.1. The SMILES string of the molecule is CCNC(C)CC(C)(C)Cc1cc(F)ccc1F. The van der Waals surface area contributed by atoms with Crippen LogP contribution in [0, 0.1) is 17.0 Å². The molecule has 0 aliphatic rings. The third kappa shape index (κ3) is 4.73. The second-order valence-electron chi connectivity index (χ2n) is 5.74. The zero-order valence-electron chi connectivity index (χ0n) is 11.7. The average molecular weight is 255 g/mol. The summed E-state index contributed by atoms with van der Waals surface area (Å²) in [5, 5.41) is 3.35. The molecule has 0 saturated heterocycles. The smallest absolute Gasteiger partial charge is 0.126 e. The van der Waals surface area contributed by atoms with Crippen LogP contribution in [0.4, 0.5) is 8.78 Å². The molecule has 0 aliphatic heterocycles. The summed E-state index contributed by atoms with van der Waals surface area (Å²) in [6.07, 6.45) is 1.48. The molecule has 0 spiro atoms. The van der Waals surface area contributed by atoms with Gasteiger partial charge in [-0.15, -0.1) is 0 Å². The monoisotopic (exact) mass is 255 g/mol. The third-order valence-corrected chi connectivity index (χ3v) is 3.09. The van der Waals surface area contributed by atoms with E-state index in [-0.39, 0.29) is 17.0 Å². The van der Waals surface area contributed by atoms with Crippen LogP contribution in [-0.4, -0.2) is 12.6 Å². The molecular formula is C15H23F2N. The highest BCUT2D eigenvalue weighted by Gasteiger charge is 2.23.